The molecule has 0 amide bonds. The number of rotatable bonds is 3. The quantitative estimate of drug-likeness (QED) is 0.221. The van der Waals surface area contributed by atoms with E-state index in [1.54, 1.807) is 0 Å². The summed E-state index contributed by atoms with van der Waals surface area (Å²) in [6.07, 6.45) is 4.81. The monoisotopic (exact) mass is 438 g/mol. The van der Waals surface area contributed by atoms with Crippen molar-refractivity contribution in [2.45, 2.75) is 105 Å². The fourth-order valence-corrected chi connectivity index (χ4v) is 4.42. The van der Waals surface area contributed by atoms with Crippen molar-refractivity contribution >= 4 is 12.3 Å². The van der Waals surface area contributed by atoms with Crippen LogP contribution in [0.25, 0.3) is 0 Å². The largest absolute Gasteiger partial charge is 1.00 e. The van der Waals surface area contributed by atoms with E-state index in [-0.39, 0.29) is 75.8 Å². The molecule has 0 aromatic carbocycles. The van der Waals surface area contributed by atoms with E-state index in [4.69, 9.17) is 9.62 Å². The van der Waals surface area contributed by atoms with Crippen LogP contribution < -0.4 is 51.4 Å². The minimum atomic E-state index is -1.16. The molecule has 2 rings (SSSR count). The van der Waals surface area contributed by atoms with E-state index < -0.39 is 12.3 Å². The number of hydrogen-bond donors (Lipinski definition) is 0. The van der Waals surface area contributed by atoms with Gasteiger partial charge in [-0.15, -0.1) is 0 Å². The second-order valence-corrected chi connectivity index (χ2v) is 10.6. The average molecular weight is 439 g/mol. The van der Waals surface area contributed by atoms with Gasteiger partial charge in [0.2, 0.25) is 0 Å². The summed E-state index contributed by atoms with van der Waals surface area (Å²) in [4.78, 5) is 33.3. The van der Waals surface area contributed by atoms with Gasteiger partial charge in [-0.25, -0.2) is 9.59 Å². The molecule has 0 unspecified atom stereocenters. The van der Waals surface area contributed by atoms with Crippen LogP contribution in [0.3, 0.4) is 0 Å². The third-order valence-corrected chi connectivity index (χ3v) is 6.48. The van der Waals surface area contributed by atoms with Gasteiger partial charge in [-0.1, -0.05) is 41.5 Å². The van der Waals surface area contributed by atoms with Gasteiger partial charge >= 0.3 is 63.7 Å². The first-order valence-corrected chi connectivity index (χ1v) is 10.7. The van der Waals surface area contributed by atoms with Crippen molar-refractivity contribution in [1.82, 2.24) is 0 Å². The summed E-state index contributed by atoms with van der Waals surface area (Å²) in [7, 11) is 0. The summed E-state index contributed by atoms with van der Waals surface area (Å²) in [5.74, 6) is 1.26. The van der Waals surface area contributed by atoms with Crippen molar-refractivity contribution in [3.05, 3.63) is 0 Å². The Kier molecular flexibility index (Phi) is 11.2. The van der Waals surface area contributed by atoms with Gasteiger partial charge in [0.15, 0.2) is 0 Å². The zero-order valence-corrected chi connectivity index (χ0v) is 22.5. The number of carbonyl (C=O) groups is 2. The van der Waals surface area contributed by atoms with Gasteiger partial charge in [0.25, 0.3) is 0 Å². The summed E-state index contributed by atoms with van der Waals surface area (Å²) in [5.41, 5.74) is 0.541. The molecule has 164 valence electrons. The molecule has 0 bridgehead atoms. The standard InChI is InChI=1S/C22H38O6.K.H/c1-21(2,3)15-7-11-17(12-8-15)25-19(23)26-20(24)28-27-18-13-9-16(10-14-18)22(4,5)6;;/h15-18H,7-14H2,1-6H3;;/q;+1;-1. The van der Waals surface area contributed by atoms with Crippen molar-refractivity contribution in [2.75, 3.05) is 0 Å². The van der Waals surface area contributed by atoms with Crippen molar-refractivity contribution in [3.8, 4) is 0 Å². The first kappa shape index (κ1) is 27.4. The molecule has 0 aromatic heterocycles. The molecule has 2 aliphatic carbocycles. The summed E-state index contributed by atoms with van der Waals surface area (Å²) in [5, 5.41) is 0. The topological polar surface area (TPSA) is 71.1 Å². The average Bonchev–Trinajstić information content (AvgIpc) is 2.59. The second kappa shape index (κ2) is 11.8. The number of ether oxygens (including phenoxy) is 2. The minimum Gasteiger partial charge on any atom is -1.00 e. The number of hydrogen-bond acceptors (Lipinski definition) is 6. The Morgan fingerprint density at radius 1 is 0.690 bits per heavy atom. The molecule has 0 aromatic rings. The van der Waals surface area contributed by atoms with Crippen LogP contribution in [0.1, 0.15) is 94.3 Å². The van der Waals surface area contributed by atoms with Crippen molar-refractivity contribution < 1.29 is 81.6 Å². The fraction of sp³-hybridized carbons (Fsp3) is 0.909. The van der Waals surface area contributed by atoms with Crippen LogP contribution in [0.4, 0.5) is 9.59 Å². The second-order valence-electron chi connectivity index (χ2n) is 10.6. The summed E-state index contributed by atoms with van der Waals surface area (Å²) in [6, 6.07) is 0. The molecule has 0 radical (unpaired) electrons. The SMILES string of the molecule is CC(C)(C)C1CCC(OOC(=O)OC(=O)OC2CCC(C(C)(C)C)CC2)CC1.[H-].[K+]. The fourth-order valence-electron chi connectivity index (χ4n) is 4.42. The Morgan fingerprint density at radius 2 is 1.10 bits per heavy atom. The minimum absolute atomic E-state index is 0. The van der Waals surface area contributed by atoms with E-state index in [0.717, 1.165) is 51.4 Å². The van der Waals surface area contributed by atoms with E-state index >= 15 is 0 Å². The van der Waals surface area contributed by atoms with Crippen molar-refractivity contribution in [1.29, 1.82) is 0 Å². The summed E-state index contributed by atoms with van der Waals surface area (Å²) in [6.45, 7) is 13.4. The zero-order chi connectivity index (χ0) is 20.9. The van der Waals surface area contributed by atoms with Gasteiger partial charge in [0.05, 0.1) is 0 Å². The molecular weight excluding hydrogens is 399 g/mol. The zero-order valence-electron chi connectivity index (χ0n) is 20.4. The van der Waals surface area contributed by atoms with Gasteiger partial charge < -0.3 is 10.9 Å². The van der Waals surface area contributed by atoms with Crippen LogP contribution in [0.2, 0.25) is 0 Å². The van der Waals surface area contributed by atoms with Crippen LogP contribution in [-0.2, 0) is 19.2 Å². The predicted octanol–water partition coefficient (Wildman–Crippen LogP) is 3.53. The van der Waals surface area contributed by atoms with Crippen LogP contribution in [0.15, 0.2) is 0 Å². The smallest absolute Gasteiger partial charge is 1.00 e. The first-order valence-electron chi connectivity index (χ1n) is 10.7. The van der Waals surface area contributed by atoms with E-state index in [1.165, 1.54) is 0 Å². The Balaban J connectivity index is 0.00000420. The third-order valence-electron chi connectivity index (χ3n) is 6.48. The van der Waals surface area contributed by atoms with Crippen LogP contribution in [-0.4, -0.2) is 24.5 Å². The van der Waals surface area contributed by atoms with E-state index in [9.17, 15) is 9.59 Å². The van der Waals surface area contributed by atoms with Crippen molar-refractivity contribution in [2.24, 2.45) is 22.7 Å². The number of carbonyl (C=O) groups excluding carboxylic acids is 2. The molecule has 7 heteroatoms. The van der Waals surface area contributed by atoms with E-state index in [2.05, 4.69) is 51.2 Å². The molecule has 0 heterocycles. The predicted molar refractivity (Wildman–Crippen MR) is 107 cm³/mol. The molecule has 0 aliphatic heterocycles. The Labute approximate surface area is 220 Å². The normalized spacial score (nSPS) is 28.1. The molecule has 0 N–H and O–H groups in total. The van der Waals surface area contributed by atoms with Gasteiger partial charge in [0.1, 0.15) is 12.2 Å². The molecule has 2 saturated carbocycles. The molecule has 0 saturated heterocycles. The third kappa shape index (κ3) is 9.56. The molecule has 6 nitrogen and oxygen atoms in total. The summed E-state index contributed by atoms with van der Waals surface area (Å²) < 4.78 is 9.82. The maximum absolute atomic E-state index is 11.8. The Bertz CT molecular complexity index is 527. The van der Waals surface area contributed by atoms with Crippen LogP contribution in [0, 0.1) is 22.7 Å². The molecule has 29 heavy (non-hydrogen) atoms. The van der Waals surface area contributed by atoms with Crippen molar-refractivity contribution in [3.63, 3.8) is 0 Å². The molecular formula is C22H39KO6. The van der Waals surface area contributed by atoms with Crippen LogP contribution >= 0.6 is 0 Å². The molecule has 2 aliphatic rings. The molecule has 0 atom stereocenters. The Hall–Kier alpha value is 0.336. The van der Waals surface area contributed by atoms with E-state index in [0.29, 0.717) is 11.8 Å². The van der Waals surface area contributed by atoms with E-state index in [1.807, 2.05) is 0 Å². The molecule has 0 spiro atoms. The maximum atomic E-state index is 11.8. The summed E-state index contributed by atoms with van der Waals surface area (Å²) >= 11 is 0. The van der Waals surface area contributed by atoms with Crippen LogP contribution in [0.5, 0.6) is 0 Å². The first-order chi connectivity index (χ1) is 12.9. The van der Waals surface area contributed by atoms with Gasteiger partial charge in [-0.3, -0.25) is 4.89 Å². The van der Waals surface area contributed by atoms with Gasteiger partial charge in [0, 0.05) is 0 Å². The maximum Gasteiger partial charge on any atom is 1.00 e. The molecule has 2 fully saturated rings. The van der Waals surface area contributed by atoms with Gasteiger partial charge in [-0.05, 0) is 74.0 Å². The van der Waals surface area contributed by atoms with Gasteiger partial charge in [-0.2, -0.15) is 4.89 Å². The Morgan fingerprint density at radius 3 is 1.52 bits per heavy atom.